The molecule has 0 radical (unpaired) electrons. The summed E-state index contributed by atoms with van der Waals surface area (Å²) >= 11 is 5.83. The number of rotatable bonds is 5. The van der Waals surface area contributed by atoms with Crippen molar-refractivity contribution in [1.29, 1.82) is 0 Å². The van der Waals surface area contributed by atoms with Crippen LogP contribution in [0, 0.1) is 0 Å². The lowest BCUT2D eigenvalue weighted by molar-refractivity contribution is -0.0497. The van der Waals surface area contributed by atoms with Crippen LogP contribution in [0.25, 0.3) is 0 Å². The van der Waals surface area contributed by atoms with Gasteiger partial charge in [0, 0.05) is 12.2 Å². The molecular weight excluding hydrogens is 342 g/mol. The zero-order valence-electron chi connectivity index (χ0n) is 13.2. The highest BCUT2D eigenvalue weighted by Gasteiger charge is 2.28. The molecule has 2 rings (SSSR count). The van der Waals surface area contributed by atoms with Gasteiger partial charge in [-0.25, -0.2) is 4.79 Å². The van der Waals surface area contributed by atoms with Gasteiger partial charge in [-0.1, -0.05) is 37.3 Å². The first-order valence-corrected chi connectivity index (χ1v) is 8.27. The molecule has 1 aliphatic rings. The van der Waals surface area contributed by atoms with Crippen molar-refractivity contribution in [2.24, 2.45) is 0 Å². The monoisotopic (exact) mass is 362 g/mol. The molecule has 0 aliphatic heterocycles. The van der Waals surface area contributed by atoms with Crippen molar-refractivity contribution >= 4 is 23.3 Å². The van der Waals surface area contributed by atoms with E-state index in [0.717, 1.165) is 25.7 Å². The average molecular weight is 363 g/mol. The summed E-state index contributed by atoms with van der Waals surface area (Å²) in [5.41, 5.74) is -0.535. The lowest BCUT2D eigenvalue weighted by Crippen LogP contribution is -2.44. The summed E-state index contributed by atoms with van der Waals surface area (Å²) in [6.45, 7) is -2.80. The topological polar surface area (TPSA) is 70.6 Å². The highest BCUT2D eigenvalue weighted by molar-refractivity contribution is 6.32. The van der Waals surface area contributed by atoms with Gasteiger partial charge in [0.2, 0.25) is 0 Å². The van der Waals surface area contributed by atoms with Crippen LogP contribution in [0.1, 0.15) is 38.5 Å². The van der Waals surface area contributed by atoms with Crippen LogP contribution in [0.4, 0.5) is 19.3 Å². The fourth-order valence-electron chi connectivity index (χ4n) is 2.75. The van der Waals surface area contributed by atoms with E-state index in [4.69, 9.17) is 11.6 Å². The van der Waals surface area contributed by atoms with Crippen LogP contribution in [0.15, 0.2) is 18.2 Å². The van der Waals surface area contributed by atoms with Crippen molar-refractivity contribution in [3.63, 3.8) is 0 Å². The van der Waals surface area contributed by atoms with Crippen LogP contribution < -0.4 is 15.4 Å². The summed E-state index contributed by atoms with van der Waals surface area (Å²) < 4.78 is 28.6. The number of aliphatic hydroxyl groups is 1. The Morgan fingerprint density at radius 1 is 1.29 bits per heavy atom. The standard InChI is InChI=1S/C16H21ClF2N2O3/c17-12-9-11(5-6-13(12)24-14(18)19)21-15(22)20-10-16(23)7-3-1-2-4-8-16/h5-6,9,14,23H,1-4,7-8,10H2,(H2,20,21,22). The minimum Gasteiger partial charge on any atom is -0.433 e. The van der Waals surface area contributed by atoms with E-state index >= 15 is 0 Å². The summed E-state index contributed by atoms with van der Waals surface area (Å²) in [4.78, 5) is 11.9. The number of urea groups is 1. The lowest BCUT2D eigenvalue weighted by atomic mass is 9.95. The zero-order valence-corrected chi connectivity index (χ0v) is 13.9. The number of anilines is 1. The SMILES string of the molecule is O=C(NCC1(O)CCCCCC1)Nc1ccc(OC(F)F)c(Cl)c1. The molecule has 0 atom stereocenters. The van der Waals surface area contributed by atoms with E-state index in [9.17, 15) is 18.7 Å². The molecule has 3 N–H and O–H groups in total. The van der Waals surface area contributed by atoms with E-state index in [1.807, 2.05) is 0 Å². The van der Waals surface area contributed by atoms with Crippen LogP contribution in [-0.2, 0) is 0 Å². The second-order valence-corrected chi connectivity index (χ2v) is 6.38. The Kier molecular flexibility index (Phi) is 6.62. The van der Waals surface area contributed by atoms with E-state index < -0.39 is 18.2 Å². The summed E-state index contributed by atoms with van der Waals surface area (Å²) in [7, 11) is 0. The smallest absolute Gasteiger partial charge is 0.387 e. The first-order valence-electron chi connectivity index (χ1n) is 7.90. The van der Waals surface area contributed by atoms with Crippen LogP contribution in [0.2, 0.25) is 5.02 Å². The second kappa shape index (κ2) is 8.48. The Balaban J connectivity index is 1.86. The van der Waals surface area contributed by atoms with Gasteiger partial charge in [0.1, 0.15) is 5.75 Å². The number of nitrogens with one attached hydrogen (secondary N) is 2. The molecule has 0 spiro atoms. The summed E-state index contributed by atoms with van der Waals surface area (Å²) in [6.07, 6.45) is 5.42. The molecule has 0 aromatic heterocycles. The van der Waals surface area contributed by atoms with E-state index in [1.165, 1.54) is 18.2 Å². The minimum absolute atomic E-state index is 0.0319. The maximum Gasteiger partial charge on any atom is 0.387 e. The molecule has 24 heavy (non-hydrogen) atoms. The van der Waals surface area contributed by atoms with Gasteiger partial charge in [0.05, 0.1) is 10.6 Å². The largest absolute Gasteiger partial charge is 0.433 e. The maximum atomic E-state index is 12.2. The third-order valence-corrected chi connectivity index (χ3v) is 4.31. The molecule has 1 aromatic carbocycles. The van der Waals surface area contributed by atoms with Gasteiger partial charge >= 0.3 is 12.6 Å². The highest BCUT2D eigenvalue weighted by Crippen LogP contribution is 2.29. The molecule has 1 aliphatic carbocycles. The van der Waals surface area contributed by atoms with Crippen molar-refractivity contribution in [1.82, 2.24) is 5.32 Å². The summed E-state index contributed by atoms with van der Waals surface area (Å²) in [6, 6.07) is 3.48. The van der Waals surface area contributed by atoms with Gasteiger partial charge in [-0.2, -0.15) is 8.78 Å². The third kappa shape index (κ3) is 5.79. The third-order valence-electron chi connectivity index (χ3n) is 4.02. The van der Waals surface area contributed by atoms with Gasteiger partial charge < -0.3 is 20.5 Å². The average Bonchev–Trinajstić information content (AvgIpc) is 2.73. The number of hydrogen-bond acceptors (Lipinski definition) is 3. The molecule has 0 saturated heterocycles. The van der Waals surface area contributed by atoms with Gasteiger partial charge in [-0.05, 0) is 31.0 Å². The zero-order chi connectivity index (χ0) is 17.6. The van der Waals surface area contributed by atoms with Gasteiger partial charge in [-0.15, -0.1) is 0 Å². The normalized spacial score (nSPS) is 17.2. The molecule has 0 bridgehead atoms. The predicted molar refractivity (Wildman–Crippen MR) is 87.8 cm³/mol. The van der Waals surface area contributed by atoms with Crippen molar-refractivity contribution in [3.05, 3.63) is 23.2 Å². The van der Waals surface area contributed by atoms with Crippen LogP contribution in [-0.4, -0.2) is 29.9 Å². The number of carbonyl (C=O) groups is 1. The highest BCUT2D eigenvalue weighted by atomic mass is 35.5. The van der Waals surface area contributed by atoms with Crippen molar-refractivity contribution in [3.8, 4) is 5.75 Å². The van der Waals surface area contributed by atoms with Crippen molar-refractivity contribution in [2.45, 2.75) is 50.7 Å². The van der Waals surface area contributed by atoms with Crippen LogP contribution in [0.3, 0.4) is 0 Å². The van der Waals surface area contributed by atoms with Gasteiger partial charge in [-0.3, -0.25) is 0 Å². The van der Waals surface area contributed by atoms with E-state index in [-0.39, 0.29) is 17.3 Å². The van der Waals surface area contributed by atoms with Gasteiger partial charge in [0.15, 0.2) is 0 Å². The molecule has 2 amide bonds. The van der Waals surface area contributed by atoms with E-state index in [1.54, 1.807) is 0 Å². The number of benzene rings is 1. The Labute approximate surface area is 144 Å². The molecule has 1 fully saturated rings. The Morgan fingerprint density at radius 3 is 2.54 bits per heavy atom. The molecule has 134 valence electrons. The molecule has 0 unspecified atom stereocenters. The Morgan fingerprint density at radius 2 is 1.96 bits per heavy atom. The summed E-state index contributed by atoms with van der Waals surface area (Å²) in [5, 5.41) is 15.6. The fraction of sp³-hybridized carbons (Fsp3) is 0.562. The second-order valence-electron chi connectivity index (χ2n) is 5.97. The van der Waals surface area contributed by atoms with E-state index in [2.05, 4.69) is 15.4 Å². The minimum atomic E-state index is -2.97. The lowest BCUT2D eigenvalue weighted by Gasteiger charge is -2.26. The molecular formula is C16H21ClF2N2O3. The number of carbonyl (C=O) groups excluding carboxylic acids is 1. The van der Waals surface area contributed by atoms with Gasteiger partial charge in [0.25, 0.3) is 0 Å². The Bertz CT molecular complexity index is 564. The number of hydrogen-bond donors (Lipinski definition) is 3. The Hall–Kier alpha value is -1.60. The van der Waals surface area contributed by atoms with Crippen molar-refractivity contribution < 1.29 is 23.4 Å². The molecule has 1 aromatic rings. The molecule has 1 saturated carbocycles. The van der Waals surface area contributed by atoms with Crippen LogP contribution >= 0.6 is 11.6 Å². The van der Waals surface area contributed by atoms with Crippen molar-refractivity contribution in [2.75, 3.05) is 11.9 Å². The van der Waals surface area contributed by atoms with E-state index in [0.29, 0.717) is 18.5 Å². The number of amides is 2. The quantitative estimate of drug-likeness (QED) is 0.689. The maximum absolute atomic E-state index is 12.2. The first-order chi connectivity index (χ1) is 11.4. The first kappa shape index (κ1) is 18.7. The fourth-order valence-corrected chi connectivity index (χ4v) is 2.98. The number of alkyl halides is 2. The number of halogens is 3. The predicted octanol–water partition coefficient (Wildman–Crippen LogP) is 4.15. The van der Waals surface area contributed by atoms with Crippen LogP contribution in [0.5, 0.6) is 5.75 Å². The molecule has 5 nitrogen and oxygen atoms in total. The summed E-state index contributed by atoms with van der Waals surface area (Å²) in [5.74, 6) is -0.162. The number of ether oxygens (including phenoxy) is 1. The molecule has 8 heteroatoms. The molecule has 0 heterocycles.